The number of aromatic amines is 1. The molecule has 11 heavy (non-hydrogen) atoms. The first-order valence-electron chi connectivity index (χ1n) is 3.59. The van der Waals surface area contributed by atoms with Crippen LogP contribution in [0.15, 0.2) is 0 Å². The molecule has 0 aliphatic heterocycles. The van der Waals surface area contributed by atoms with Crippen molar-refractivity contribution in [3.63, 3.8) is 0 Å². The van der Waals surface area contributed by atoms with Gasteiger partial charge in [-0.25, -0.2) is 0 Å². The lowest BCUT2D eigenvalue weighted by Gasteiger charge is -1.98. The molecule has 0 fully saturated rings. The van der Waals surface area contributed by atoms with Crippen molar-refractivity contribution in [1.29, 1.82) is 0 Å². The predicted molar refractivity (Wildman–Crippen MR) is 45.6 cm³/mol. The van der Waals surface area contributed by atoms with Crippen LogP contribution in [0, 0.1) is 0 Å². The highest BCUT2D eigenvalue weighted by Gasteiger charge is 2.11. The van der Waals surface area contributed by atoms with Crippen LogP contribution in [0.25, 0.3) is 0 Å². The quantitative estimate of drug-likeness (QED) is 0.715. The smallest absolute Gasteiger partial charge is 0.0863 e. The molecular weight excluding hydrogens is 162 g/mol. The Hall–Kier alpha value is -0.540. The van der Waals surface area contributed by atoms with E-state index in [2.05, 4.69) is 10.2 Å². The molecule has 0 radical (unpaired) electrons. The fourth-order valence-electron chi connectivity index (χ4n) is 0.898. The molecule has 0 bridgehead atoms. The zero-order chi connectivity index (χ0) is 8.43. The van der Waals surface area contributed by atoms with E-state index < -0.39 is 0 Å². The maximum Gasteiger partial charge on any atom is 0.0863 e. The summed E-state index contributed by atoms with van der Waals surface area (Å²) in [4.78, 5) is 0. The molecule has 0 aromatic carbocycles. The van der Waals surface area contributed by atoms with Gasteiger partial charge in [-0.3, -0.25) is 5.10 Å². The van der Waals surface area contributed by atoms with Gasteiger partial charge in [0.2, 0.25) is 0 Å². The van der Waals surface area contributed by atoms with E-state index >= 15 is 0 Å². The Morgan fingerprint density at radius 2 is 2.27 bits per heavy atom. The van der Waals surface area contributed by atoms with Crippen molar-refractivity contribution in [1.82, 2.24) is 10.2 Å². The van der Waals surface area contributed by atoms with Crippen LogP contribution in [0.5, 0.6) is 0 Å². The minimum absolute atomic E-state index is 0.346. The molecule has 1 aromatic heterocycles. The van der Waals surface area contributed by atoms with Gasteiger partial charge in [0, 0.05) is 6.54 Å². The number of hydrogen-bond donors (Lipinski definition) is 2. The van der Waals surface area contributed by atoms with Crippen molar-refractivity contribution in [3.05, 3.63) is 16.4 Å². The van der Waals surface area contributed by atoms with Gasteiger partial charge in [0.05, 0.1) is 16.4 Å². The Balaban J connectivity index is 3.00. The summed E-state index contributed by atoms with van der Waals surface area (Å²) in [6.45, 7) is 4.50. The molecule has 0 amide bonds. The fourth-order valence-corrected chi connectivity index (χ4v) is 1.28. The second kappa shape index (κ2) is 3.24. The Morgan fingerprint density at radius 3 is 2.55 bits per heavy atom. The van der Waals surface area contributed by atoms with Crippen LogP contribution in [0.4, 0.5) is 0 Å². The lowest BCUT2D eigenvalue weighted by Crippen LogP contribution is -1.96. The summed E-state index contributed by atoms with van der Waals surface area (Å²) in [5.74, 6) is 0.346. The van der Waals surface area contributed by atoms with Crippen LogP contribution in [0.1, 0.15) is 31.2 Å². The highest BCUT2D eigenvalue weighted by molar-refractivity contribution is 6.31. The highest BCUT2D eigenvalue weighted by atomic mass is 35.5. The molecule has 0 aliphatic rings. The first-order valence-corrected chi connectivity index (χ1v) is 3.97. The molecule has 0 saturated carbocycles. The Kier molecular flexibility index (Phi) is 2.52. The topological polar surface area (TPSA) is 54.7 Å². The third-order valence-electron chi connectivity index (χ3n) is 1.55. The summed E-state index contributed by atoms with van der Waals surface area (Å²) in [7, 11) is 0. The molecule has 4 heteroatoms. The van der Waals surface area contributed by atoms with E-state index in [1.807, 2.05) is 13.8 Å². The number of nitrogens with zero attached hydrogens (tertiary/aromatic N) is 1. The van der Waals surface area contributed by atoms with Crippen LogP contribution in [0.3, 0.4) is 0 Å². The molecule has 3 nitrogen and oxygen atoms in total. The van der Waals surface area contributed by atoms with E-state index in [4.69, 9.17) is 17.3 Å². The number of rotatable bonds is 2. The summed E-state index contributed by atoms with van der Waals surface area (Å²) in [6.07, 6.45) is 0. The number of halogens is 1. The molecule has 0 saturated heterocycles. The average Bonchev–Trinajstić information content (AvgIpc) is 2.30. The molecule has 1 heterocycles. The zero-order valence-electron chi connectivity index (χ0n) is 6.69. The van der Waals surface area contributed by atoms with Crippen LogP contribution < -0.4 is 5.73 Å². The fraction of sp³-hybridized carbons (Fsp3) is 0.571. The standard InChI is InChI=1S/C7H12ClN3/c1-4(2)7-6(8)5(3-9)10-11-7/h4H,3,9H2,1-2H3,(H,10,11). The maximum absolute atomic E-state index is 5.95. The molecule has 0 spiro atoms. The van der Waals surface area contributed by atoms with Crippen LogP contribution in [-0.4, -0.2) is 10.2 Å². The molecule has 1 rings (SSSR count). The molecule has 0 atom stereocenters. The third kappa shape index (κ3) is 1.54. The first kappa shape index (κ1) is 8.56. The van der Waals surface area contributed by atoms with Crippen molar-refractivity contribution in [3.8, 4) is 0 Å². The normalized spacial score (nSPS) is 11.0. The summed E-state index contributed by atoms with van der Waals surface area (Å²) in [6, 6.07) is 0. The summed E-state index contributed by atoms with van der Waals surface area (Å²) in [5, 5.41) is 7.53. The zero-order valence-corrected chi connectivity index (χ0v) is 7.44. The van der Waals surface area contributed by atoms with Gasteiger partial charge in [0.1, 0.15) is 0 Å². The molecule has 0 aliphatic carbocycles. The van der Waals surface area contributed by atoms with E-state index in [0.717, 1.165) is 11.4 Å². The lowest BCUT2D eigenvalue weighted by atomic mass is 10.1. The summed E-state index contributed by atoms with van der Waals surface area (Å²) in [5.41, 5.74) is 7.12. The van der Waals surface area contributed by atoms with Crippen molar-refractivity contribution < 1.29 is 0 Å². The van der Waals surface area contributed by atoms with Crippen LogP contribution >= 0.6 is 11.6 Å². The van der Waals surface area contributed by atoms with Crippen molar-refractivity contribution >= 4 is 11.6 Å². The van der Waals surface area contributed by atoms with E-state index in [1.165, 1.54) is 0 Å². The monoisotopic (exact) mass is 173 g/mol. The highest BCUT2D eigenvalue weighted by Crippen LogP contribution is 2.24. The second-order valence-corrected chi connectivity index (χ2v) is 3.14. The third-order valence-corrected chi connectivity index (χ3v) is 1.97. The van der Waals surface area contributed by atoms with Gasteiger partial charge < -0.3 is 5.73 Å². The summed E-state index contributed by atoms with van der Waals surface area (Å²) < 4.78 is 0. The molecule has 1 aromatic rings. The van der Waals surface area contributed by atoms with Gasteiger partial charge in [-0.05, 0) is 5.92 Å². The Morgan fingerprint density at radius 1 is 1.64 bits per heavy atom. The largest absolute Gasteiger partial charge is 0.325 e. The van der Waals surface area contributed by atoms with Gasteiger partial charge >= 0.3 is 0 Å². The van der Waals surface area contributed by atoms with E-state index in [-0.39, 0.29) is 0 Å². The maximum atomic E-state index is 5.95. The van der Waals surface area contributed by atoms with Gasteiger partial charge in [-0.1, -0.05) is 25.4 Å². The molecule has 3 N–H and O–H groups in total. The molecule has 62 valence electrons. The van der Waals surface area contributed by atoms with Crippen molar-refractivity contribution in [2.45, 2.75) is 26.3 Å². The van der Waals surface area contributed by atoms with E-state index in [9.17, 15) is 0 Å². The lowest BCUT2D eigenvalue weighted by molar-refractivity contribution is 0.808. The van der Waals surface area contributed by atoms with Gasteiger partial charge in [-0.2, -0.15) is 5.10 Å². The van der Waals surface area contributed by atoms with Crippen LogP contribution in [-0.2, 0) is 6.54 Å². The number of hydrogen-bond acceptors (Lipinski definition) is 2. The predicted octanol–water partition coefficient (Wildman–Crippen LogP) is 1.65. The van der Waals surface area contributed by atoms with Gasteiger partial charge in [0.25, 0.3) is 0 Å². The Bertz CT molecular complexity index is 242. The second-order valence-electron chi connectivity index (χ2n) is 2.76. The minimum atomic E-state index is 0.346. The molecule has 0 unspecified atom stereocenters. The molecular formula is C7H12ClN3. The van der Waals surface area contributed by atoms with E-state index in [0.29, 0.717) is 17.5 Å². The van der Waals surface area contributed by atoms with Crippen molar-refractivity contribution in [2.75, 3.05) is 0 Å². The number of aromatic nitrogens is 2. The van der Waals surface area contributed by atoms with Gasteiger partial charge in [0.15, 0.2) is 0 Å². The van der Waals surface area contributed by atoms with Crippen LogP contribution in [0.2, 0.25) is 5.02 Å². The number of nitrogens with one attached hydrogen (secondary N) is 1. The number of H-pyrrole nitrogens is 1. The number of nitrogens with two attached hydrogens (primary N) is 1. The SMILES string of the molecule is CC(C)c1n[nH]c(CN)c1Cl. The average molecular weight is 174 g/mol. The summed E-state index contributed by atoms with van der Waals surface area (Å²) >= 11 is 5.95. The van der Waals surface area contributed by atoms with Gasteiger partial charge in [-0.15, -0.1) is 0 Å². The Labute approximate surface area is 70.9 Å². The first-order chi connectivity index (χ1) is 5.16. The minimum Gasteiger partial charge on any atom is -0.325 e. The van der Waals surface area contributed by atoms with E-state index in [1.54, 1.807) is 0 Å². The van der Waals surface area contributed by atoms with Crippen molar-refractivity contribution in [2.24, 2.45) is 5.73 Å².